The van der Waals surface area contributed by atoms with Crippen LogP contribution in [-0.4, -0.2) is 17.5 Å². The number of non-ortho nitro benzene ring substituents is 1. The molecule has 4 nitrogen and oxygen atoms in total. The van der Waals surface area contributed by atoms with E-state index in [2.05, 4.69) is 39.1 Å². The molecule has 1 aromatic carbocycles. The van der Waals surface area contributed by atoms with Crippen LogP contribution in [0.4, 0.5) is 5.69 Å². The van der Waals surface area contributed by atoms with Gasteiger partial charge in [-0.2, -0.15) is 0 Å². The number of hydrogen-bond acceptors (Lipinski definition) is 3. The van der Waals surface area contributed by atoms with Gasteiger partial charge in [-0.15, -0.1) is 0 Å². The van der Waals surface area contributed by atoms with Gasteiger partial charge in [-0.3, -0.25) is 10.1 Å². The summed E-state index contributed by atoms with van der Waals surface area (Å²) in [5.41, 5.74) is 2.42. The largest absolute Gasteiger partial charge is 0.311 e. The topological polar surface area (TPSA) is 55.2 Å². The van der Waals surface area contributed by atoms with Gasteiger partial charge in [0.25, 0.3) is 5.69 Å². The zero-order valence-corrected chi connectivity index (χ0v) is 12.0. The van der Waals surface area contributed by atoms with Crippen LogP contribution in [0.3, 0.4) is 0 Å². The van der Waals surface area contributed by atoms with E-state index < -0.39 is 0 Å². The second-order valence-electron chi connectivity index (χ2n) is 5.26. The highest BCUT2D eigenvalue weighted by molar-refractivity contribution is 5.55. The predicted molar refractivity (Wildman–Crippen MR) is 79.1 cm³/mol. The van der Waals surface area contributed by atoms with E-state index in [1.165, 1.54) is 5.57 Å². The first-order valence-corrected chi connectivity index (χ1v) is 6.58. The fraction of sp³-hybridized carbons (Fsp3) is 0.467. The van der Waals surface area contributed by atoms with Crippen LogP contribution in [-0.2, 0) is 0 Å². The zero-order chi connectivity index (χ0) is 14.4. The molecule has 0 radical (unpaired) electrons. The van der Waals surface area contributed by atoms with Crippen LogP contribution in [0.2, 0.25) is 0 Å². The molecule has 1 aromatic rings. The standard InChI is InChI=1S/C15H22N2O2/c1-11(2)14(10-16-12(3)4)9-13-5-7-15(8-6-13)17(18)19/h5-9,11-12,16H,10H2,1-4H3. The van der Waals surface area contributed by atoms with E-state index >= 15 is 0 Å². The van der Waals surface area contributed by atoms with Gasteiger partial charge in [0.15, 0.2) is 0 Å². The predicted octanol–water partition coefficient (Wildman–Crippen LogP) is 3.63. The van der Waals surface area contributed by atoms with Crippen molar-refractivity contribution >= 4 is 11.8 Å². The summed E-state index contributed by atoms with van der Waals surface area (Å²) in [5.74, 6) is 0.446. The Morgan fingerprint density at radius 3 is 2.26 bits per heavy atom. The van der Waals surface area contributed by atoms with Crippen LogP contribution in [0.5, 0.6) is 0 Å². The normalized spacial score (nSPS) is 12.2. The molecule has 0 saturated heterocycles. The van der Waals surface area contributed by atoms with Gasteiger partial charge in [0, 0.05) is 24.7 Å². The van der Waals surface area contributed by atoms with Crippen molar-refractivity contribution in [1.29, 1.82) is 0 Å². The van der Waals surface area contributed by atoms with Crippen LogP contribution in [0.1, 0.15) is 33.3 Å². The van der Waals surface area contributed by atoms with Gasteiger partial charge >= 0.3 is 0 Å². The van der Waals surface area contributed by atoms with Gasteiger partial charge < -0.3 is 5.32 Å². The fourth-order valence-electron chi connectivity index (χ4n) is 1.65. The minimum absolute atomic E-state index is 0.128. The smallest absolute Gasteiger partial charge is 0.269 e. The van der Waals surface area contributed by atoms with Crippen molar-refractivity contribution in [3.8, 4) is 0 Å². The molecular formula is C15H22N2O2. The van der Waals surface area contributed by atoms with E-state index in [1.54, 1.807) is 24.3 Å². The van der Waals surface area contributed by atoms with Gasteiger partial charge in [0.2, 0.25) is 0 Å². The second kappa shape index (κ2) is 7.04. The van der Waals surface area contributed by atoms with Crippen molar-refractivity contribution in [3.05, 3.63) is 45.5 Å². The summed E-state index contributed by atoms with van der Waals surface area (Å²) in [7, 11) is 0. The van der Waals surface area contributed by atoms with Crippen LogP contribution in [0.15, 0.2) is 29.8 Å². The summed E-state index contributed by atoms with van der Waals surface area (Å²) in [5, 5.41) is 14.0. The molecule has 1 N–H and O–H groups in total. The van der Waals surface area contributed by atoms with Gasteiger partial charge in [-0.25, -0.2) is 0 Å². The number of benzene rings is 1. The van der Waals surface area contributed by atoms with Crippen LogP contribution >= 0.6 is 0 Å². The molecule has 0 saturated carbocycles. The molecule has 0 amide bonds. The summed E-state index contributed by atoms with van der Waals surface area (Å²) >= 11 is 0. The molecule has 0 fully saturated rings. The number of hydrogen-bond donors (Lipinski definition) is 1. The lowest BCUT2D eigenvalue weighted by molar-refractivity contribution is -0.384. The molecule has 0 unspecified atom stereocenters. The molecule has 19 heavy (non-hydrogen) atoms. The summed E-state index contributed by atoms with van der Waals surface area (Å²) in [4.78, 5) is 10.2. The molecule has 0 aromatic heterocycles. The highest BCUT2D eigenvalue weighted by atomic mass is 16.6. The SMILES string of the molecule is CC(C)NCC(=Cc1ccc([N+](=O)[O-])cc1)C(C)C. The molecule has 0 aliphatic heterocycles. The van der Waals surface area contributed by atoms with E-state index in [0.29, 0.717) is 12.0 Å². The minimum Gasteiger partial charge on any atom is -0.311 e. The highest BCUT2D eigenvalue weighted by Gasteiger charge is 2.06. The Labute approximate surface area is 114 Å². The van der Waals surface area contributed by atoms with Crippen molar-refractivity contribution in [3.63, 3.8) is 0 Å². The third kappa shape index (κ3) is 5.22. The number of nitro benzene ring substituents is 1. The second-order valence-corrected chi connectivity index (χ2v) is 5.26. The Bertz CT molecular complexity index is 448. The summed E-state index contributed by atoms with van der Waals surface area (Å²) < 4.78 is 0. The van der Waals surface area contributed by atoms with Gasteiger partial charge in [-0.05, 0) is 23.6 Å². The summed E-state index contributed by atoms with van der Waals surface area (Å²) in [6.45, 7) is 9.37. The highest BCUT2D eigenvalue weighted by Crippen LogP contribution is 2.17. The van der Waals surface area contributed by atoms with E-state index in [-0.39, 0.29) is 10.6 Å². The van der Waals surface area contributed by atoms with E-state index in [1.807, 2.05) is 0 Å². The fourth-order valence-corrected chi connectivity index (χ4v) is 1.65. The van der Waals surface area contributed by atoms with E-state index in [4.69, 9.17) is 0 Å². The number of nitrogens with zero attached hydrogens (tertiary/aromatic N) is 1. The van der Waals surface area contributed by atoms with Gasteiger partial charge in [0.1, 0.15) is 0 Å². The average Bonchev–Trinajstić information content (AvgIpc) is 2.34. The Kier molecular flexibility index (Phi) is 5.70. The zero-order valence-electron chi connectivity index (χ0n) is 12.0. The van der Waals surface area contributed by atoms with E-state index in [0.717, 1.165) is 12.1 Å². The third-order valence-corrected chi connectivity index (χ3v) is 2.91. The Morgan fingerprint density at radius 1 is 1.26 bits per heavy atom. The molecule has 0 aliphatic rings. The van der Waals surface area contributed by atoms with Crippen LogP contribution in [0, 0.1) is 16.0 Å². The maximum Gasteiger partial charge on any atom is 0.269 e. The summed E-state index contributed by atoms with van der Waals surface area (Å²) in [6.07, 6.45) is 2.10. The maximum atomic E-state index is 10.6. The van der Waals surface area contributed by atoms with Crippen molar-refractivity contribution in [2.75, 3.05) is 6.54 Å². The van der Waals surface area contributed by atoms with Crippen molar-refractivity contribution < 1.29 is 4.92 Å². The first-order chi connectivity index (χ1) is 8.90. The van der Waals surface area contributed by atoms with Gasteiger partial charge in [0.05, 0.1) is 4.92 Å². The molecule has 1 rings (SSSR count). The van der Waals surface area contributed by atoms with Crippen molar-refractivity contribution in [2.24, 2.45) is 5.92 Å². The monoisotopic (exact) mass is 262 g/mol. The van der Waals surface area contributed by atoms with Crippen molar-refractivity contribution in [1.82, 2.24) is 5.32 Å². The van der Waals surface area contributed by atoms with Crippen LogP contribution < -0.4 is 5.32 Å². The maximum absolute atomic E-state index is 10.6. The van der Waals surface area contributed by atoms with Crippen molar-refractivity contribution in [2.45, 2.75) is 33.7 Å². The molecule has 4 heteroatoms. The van der Waals surface area contributed by atoms with E-state index in [9.17, 15) is 10.1 Å². The molecular weight excluding hydrogens is 240 g/mol. The lowest BCUT2D eigenvalue weighted by Gasteiger charge is -2.15. The lowest BCUT2D eigenvalue weighted by Crippen LogP contribution is -2.26. The molecule has 0 bridgehead atoms. The third-order valence-electron chi connectivity index (χ3n) is 2.91. The quantitative estimate of drug-likeness (QED) is 0.629. The number of rotatable bonds is 6. The number of nitrogens with one attached hydrogen (secondary N) is 1. The molecule has 0 heterocycles. The Hall–Kier alpha value is -1.68. The molecule has 0 aliphatic carbocycles. The number of nitro groups is 1. The minimum atomic E-state index is -0.378. The Balaban J connectivity index is 2.86. The Morgan fingerprint density at radius 2 is 1.84 bits per heavy atom. The lowest BCUT2D eigenvalue weighted by atomic mass is 10.00. The summed E-state index contributed by atoms with van der Waals surface area (Å²) in [6, 6.07) is 7.10. The van der Waals surface area contributed by atoms with Crippen LogP contribution in [0.25, 0.3) is 6.08 Å². The van der Waals surface area contributed by atoms with Gasteiger partial charge in [-0.1, -0.05) is 39.3 Å². The molecule has 0 atom stereocenters. The molecule has 0 spiro atoms. The average molecular weight is 262 g/mol. The first-order valence-electron chi connectivity index (χ1n) is 6.58. The molecule has 104 valence electrons. The first kappa shape index (κ1) is 15.4.